The van der Waals surface area contributed by atoms with Gasteiger partial charge in [0.15, 0.2) is 0 Å². The molecule has 0 aliphatic carbocycles. The summed E-state index contributed by atoms with van der Waals surface area (Å²) < 4.78 is 1.82. The molecule has 1 saturated heterocycles. The summed E-state index contributed by atoms with van der Waals surface area (Å²) in [6.45, 7) is 8.72. The highest BCUT2D eigenvalue weighted by atomic mass is 35.5. The number of carbonyl (C=O) groups is 1. The molecule has 2 aromatic rings. The highest BCUT2D eigenvalue weighted by Crippen LogP contribution is 2.24. The summed E-state index contributed by atoms with van der Waals surface area (Å²) in [5, 5.41) is 5.12. The van der Waals surface area contributed by atoms with Crippen molar-refractivity contribution in [2.24, 2.45) is 0 Å². The van der Waals surface area contributed by atoms with Crippen LogP contribution in [0.15, 0.2) is 30.5 Å². The van der Waals surface area contributed by atoms with Gasteiger partial charge in [-0.3, -0.25) is 4.79 Å². The maximum atomic E-state index is 13.0. The quantitative estimate of drug-likeness (QED) is 0.821. The van der Waals surface area contributed by atoms with Gasteiger partial charge in [-0.2, -0.15) is 5.10 Å². The Morgan fingerprint density at radius 2 is 1.88 bits per heavy atom. The van der Waals surface area contributed by atoms with E-state index in [1.54, 1.807) is 6.20 Å². The van der Waals surface area contributed by atoms with Crippen LogP contribution in [0.3, 0.4) is 0 Å². The van der Waals surface area contributed by atoms with Gasteiger partial charge in [-0.25, -0.2) is 4.68 Å². The predicted octanol–water partition coefficient (Wildman–Crippen LogP) is 3.26. The second-order valence-corrected chi connectivity index (χ2v) is 6.75. The Morgan fingerprint density at radius 1 is 1.16 bits per heavy atom. The summed E-state index contributed by atoms with van der Waals surface area (Å²) in [5.74, 6) is 0.0810. The van der Waals surface area contributed by atoms with Crippen LogP contribution in [0.5, 0.6) is 0 Å². The summed E-state index contributed by atoms with van der Waals surface area (Å²) in [6, 6.07) is 7.61. The van der Waals surface area contributed by atoms with Gasteiger partial charge in [0.2, 0.25) is 0 Å². The minimum absolute atomic E-state index is 0.0810. The van der Waals surface area contributed by atoms with Crippen LogP contribution in [0.2, 0.25) is 5.02 Å². The molecule has 5 nitrogen and oxygen atoms in total. The molecule has 25 heavy (non-hydrogen) atoms. The van der Waals surface area contributed by atoms with E-state index >= 15 is 0 Å². The van der Waals surface area contributed by atoms with Crippen LogP contribution in [0, 0.1) is 0 Å². The molecule has 1 fully saturated rings. The zero-order valence-electron chi connectivity index (χ0n) is 14.9. The number of hydrogen-bond acceptors (Lipinski definition) is 3. The van der Waals surface area contributed by atoms with Gasteiger partial charge in [-0.15, -0.1) is 0 Å². The zero-order valence-corrected chi connectivity index (χ0v) is 15.7. The van der Waals surface area contributed by atoms with Crippen molar-refractivity contribution >= 4 is 17.5 Å². The zero-order chi connectivity index (χ0) is 17.8. The number of benzene rings is 1. The lowest BCUT2D eigenvalue weighted by Crippen LogP contribution is -2.48. The van der Waals surface area contributed by atoms with Crippen molar-refractivity contribution < 1.29 is 4.79 Å². The first-order valence-electron chi connectivity index (χ1n) is 8.99. The van der Waals surface area contributed by atoms with Crippen molar-refractivity contribution in [2.45, 2.75) is 26.7 Å². The largest absolute Gasteiger partial charge is 0.336 e. The standard InChI is InChI=1S/C19H25ClN4O/c1-3-7-17-15(19(25)23-12-10-22(4-2)11-13-23)14-21-24(17)18-9-6-5-8-16(18)20/h5-6,8-9,14H,3-4,7,10-13H2,1-2H3. The van der Waals surface area contributed by atoms with E-state index in [4.69, 9.17) is 11.6 Å². The van der Waals surface area contributed by atoms with E-state index in [2.05, 4.69) is 23.8 Å². The highest BCUT2D eigenvalue weighted by molar-refractivity contribution is 6.32. The van der Waals surface area contributed by atoms with Crippen LogP contribution in [0.25, 0.3) is 5.69 Å². The second kappa shape index (κ2) is 8.02. The predicted molar refractivity (Wildman–Crippen MR) is 101 cm³/mol. The smallest absolute Gasteiger partial charge is 0.257 e. The van der Waals surface area contributed by atoms with E-state index < -0.39 is 0 Å². The summed E-state index contributed by atoms with van der Waals surface area (Å²) in [4.78, 5) is 17.3. The van der Waals surface area contributed by atoms with Gasteiger partial charge in [-0.1, -0.05) is 44.0 Å². The van der Waals surface area contributed by atoms with E-state index in [0.717, 1.165) is 56.9 Å². The van der Waals surface area contributed by atoms with Gasteiger partial charge in [0.05, 0.1) is 28.2 Å². The van der Waals surface area contributed by atoms with Gasteiger partial charge in [0.25, 0.3) is 5.91 Å². The first kappa shape index (κ1) is 18.0. The number of para-hydroxylation sites is 1. The molecule has 3 rings (SSSR count). The molecule has 0 saturated carbocycles. The van der Waals surface area contributed by atoms with Gasteiger partial charge in [-0.05, 0) is 25.1 Å². The molecule has 0 radical (unpaired) electrons. The molecule has 1 amide bonds. The highest BCUT2D eigenvalue weighted by Gasteiger charge is 2.26. The van der Waals surface area contributed by atoms with Crippen LogP contribution in [0.4, 0.5) is 0 Å². The average molecular weight is 361 g/mol. The number of likely N-dealkylation sites (N-methyl/N-ethyl adjacent to an activating group) is 1. The Labute approximate surface area is 154 Å². The van der Waals surface area contributed by atoms with Crippen LogP contribution in [-0.2, 0) is 6.42 Å². The van der Waals surface area contributed by atoms with Crippen LogP contribution < -0.4 is 0 Å². The minimum Gasteiger partial charge on any atom is -0.336 e. The van der Waals surface area contributed by atoms with Crippen molar-refractivity contribution in [3.63, 3.8) is 0 Å². The molecule has 1 aromatic heterocycles. The summed E-state index contributed by atoms with van der Waals surface area (Å²) >= 11 is 6.34. The monoisotopic (exact) mass is 360 g/mol. The number of rotatable bonds is 5. The van der Waals surface area contributed by atoms with Crippen molar-refractivity contribution in [1.29, 1.82) is 0 Å². The van der Waals surface area contributed by atoms with Gasteiger partial charge >= 0.3 is 0 Å². The lowest BCUT2D eigenvalue weighted by atomic mass is 10.1. The Morgan fingerprint density at radius 3 is 2.52 bits per heavy atom. The lowest BCUT2D eigenvalue weighted by molar-refractivity contribution is 0.0642. The van der Waals surface area contributed by atoms with Crippen molar-refractivity contribution in [2.75, 3.05) is 32.7 Å². The van der Waals surface area contributed by atoms with Crippen LogP contribution in [-0.4, -0.2) is 58.2 Å². The molecule has 1 aliphatic rings. The molecule has 0 N–H and O–H groups in total. The maximum absolute atomic E-state index is 13.0. The second-order valence-electron chi connectivity index (χ2n) is 6.34. The molecule has 1 aliphatic heterocycles. The normalized spacial score (nSPS) is 15.6. The molecule has 2 heterocycles. The fraction of sp³-hybridized carbons (Fsp3) is 0.474. The van der Waals surface area contributed by atoms with E-state index in [1.807, 2.05) is 33.8 Å². The lowest BCUT2D eigenvalue weighted by Gasteiger charge is -2.34. The summed E-state index contributed by atoms with van der Waals surface area (Å²) in [5.41, 5.74) is 2.47. The Kier molecular flexibility index (Phi) is 5.76. The number of hydrogen-bond donors (Lipinski definition) is 0. The van der Waals surface area contributed by atoms with Crippen molar-refractivity contribution in [3.8, 4) is 5.69 Å². The third-order valence-corrected chi connectivity index (χ3v) is 5.09. The van der Waals surface area contributed by atoms with Crippen LogP contribution >= 0.6 is 11.6 Å². The molecule has 134 valence electrons. The number of amides is 1. The number of halogens is 1. The molecular weight excluding hydrogens is 336 g/mol. The molecule has 0 bridgehead atoms. The summed E-state index contributed by atoms with van der Waals surface area (Å²) in [7, 11) is 0. The SMILES string of the molecule is CCCc1c(C(=O)N2CCN(CC)CC2)cnn1-c1ccccc1Cl. The maximum Gasteiger partial charge on any atom is 0.257 e. The van der Waals surface area contributed by atoms with Crippen LogP contribution in [0.1, 0.15) is 36.3 Å². The van der Waals surface area contributed by atoms with E-state index in [9.17, 15) is 4.79 Å². The Balaban J connectivity index is 1.89. The number of nitrogens with zero attached hydrogens (tertiary/aromatic N) is 4. The third kappa shape index (κ3) is 3.72. The Hall–Kier alpha value is -1.85. The average Bonchev–Trinajstić information content (AvgIpc) is 3.05. The molecule has 1 aromatic carbocycles. The third-order valence-electron chi connectivity index (χ3n) is 4.77. The molecular formula is C19H25ClN4O. The first-order chi connectivity index (χ1) is 12.2. The molecule has 0 spiro atoms. The van der Waals surface area contributed by atoms with Crippen molar-refractivity contribution in [3.05, 3.63) is 46.7 Å². The van der Waals surface area contributed by atoms with E-state index in [-0.39, 0.29) is 5.91 Å². The molecule has 6 heteroatoms. The summed E-state index contributed by atoms with van der Waals surface area (Å²) in [6.07, 6.45) is 3.43. The van der Waals surface area contributed by atoms with Gasteiger partial charge in [0.1, 0.15) is 0 Å². The first-order valence-corrected chi connectivity index (χ1v) is 9.37. The fourth-order valence-corrected chi connectivity index (χ4v) is 3.51. The fourth-order valence-electron chi connectivity index (χ4n) is 3.30. The topological polar surface area (TPSA) is 41.4 Å². The minimum atomic E-state index is 0.0810. The van der Waals surface area contributed by atoms with E-state index in [1.165, 1.54) is 0 Å². The van der Waals surface area contributed by atoms with Gasteiger partial charge in [0, 0.05) is 26.2 Å². The number of piperazine rings is 1. The molecule has 0 atom stereocenters. The van der Waals surface area contributed by atoms with Gasteiger partial charge < -0.3 is 9.80 Å². The Bertz CT molecular complexity index is 735. The van der Waals surface area contributed by atoms with E-state index in [0.29, 0.717) is 10.6 Å². The number of aromatic nitrogens is 2. The molecule has 0 unspecified atom stereocenters. The van der Waals surface area contributed by atoms with Crippen molar-refractivity contribution in [1.82, 2.24) is 19.6 Å². The number of carbonyl (C=O) groups excluding carboxylic acids is 1.